The Morgan fingerprint density at radius 1 is 1.29 bits per heavy atom. The minimum absolute atomic E-state index is 0.173. The summed E-state index contributed by atoms with van der Waals surface area (Å²) in [4.78, 5) is 2.37. The van der Waals surface area contributed by atoms with Crippen molar-refractivity contribution in [1.29, 1.82) is 0 Å². The van der Waals surface area contributed by atoms with Gasteiger partial charge >= 0.3 is 0 Å². The van der Waals surface area contributed by atoms with Gasteiger partial charge in [-0.3, -0.25) is 4.90 Å². The zero-order valence-corrected chi connectivity index (χ0v) is 13.4. The molecule has 0 aliphatic rings. The Bertz CT molecular complexity index is 346. The van der Waals surface area contributed by atoms with Gasteiger partial charge in [-0.25, -0.2) is 0 Å². The average Bonchev–Trinajstić information content (AvgIpc) is 2.28. The van der Waals surface area contributed by atoms with Crippen LogP contribution < -0.4 is 5.73 Å². The number of hydrogen-bond acceptors (Lipinski definition) is 2. The molecule has 1 unspecified atom stereocenters. The zero-order valence-electron chi connectivity index (χ0n) is 11.2. The molecular formula is C14H23IN2. The number of rotatable bonds is 5. The fraction of sp³-hybridized carbons (Fsp3) is 0.571. The highest BCUT2D eigenvalue weighted by molar-refractivity contribution is 14.1. The predicted octanol–water partition coefficient (Wildman–Crippen LogP) is 3.27. The predicted molar refractivity (Wildman–Crippen MR) is 83.0 cm³/mol. The number of nitrogens with two attached hydrogens (primary N) is 1. The van der Waals surface area contributed by atoms with E-state index >= 15 is 0 Å². The maximum absolute atomic E-state index is 5.79. The lowest BCUT2D eigenvalue weighted by atomic mass is 9.92. The Balaban J connectivity index is 2.69. The molecular weight excluding hydrogens is 323 g/mol. The molecule has 2 nitrogen and oxygen atoms in total. The van der Waals surface area contributed by atoms with E-state index in [4.69, 9.17) is 5.73 Å². The molecule has 0 bridgehead atoms. The molecule has 0 fully saturated rings. The second-order valence-electron chi connectivity index (χ2n) is 5.51. The Labute approximate surface area is 119 Å². The van der Waals surface area contributed by atoms with Crippen molar-refractivity contribution in [3.8, 4) is 0 Å². The first-order valence-electron chi connectivity index (χ1n) is 6.01. The van der Waals surface area contributed by atoms with Crippen molar-refractivity contribution in [2.45, 2.75) is 26.8 Å². The number of hydrogen-bond donors (Lipinski definition) is 1. The van der Waals surface area contributed by atoms with Crippen LogP contribution in [0.15, 0.2) is 24.3 Å². The van der Waals surface area contributed by atoms with Crippen LogP contribution in [0.4, 0.5) is 0 Å². The smallest absolute Gasteiger partial charge is 0.0317 e. The summed E-state index contributed by atoms with van der Waals surface area (Å²) in [5, 5.41) is 0. The third-order valence-corrected chi connectivity index (χ3v) is 3.96. The third kappa shape index (κ3) is 4.56. The van der Waals surface area contributed by atoms with Crippen molar-refractivity contribution in [3.63, 3.8) is 0 Å². The Hall–Kier alpha value is -0.130. The lowest BCUT2D eigenvalue weighted by molar-refractivity contribution is 0.174. The maximum atomic E-state index is 5.79. The molecule has 0 spiro atoms. The first-order chi connectivity index (χ1) is 7.85. The number of nitrogens with zero attached hydrogens (tertiary/aromatic N) is 1. The lowest BCUT2D eigenvalue weighted by Gasteiger charge is -2.33. The van der Waals surface area contributed by atoms with Crippen molar-refractivity contribution in [1.82, 2.24) is 4.90 Å². The monoisotopic (exact) mass is 346 g/mol. The van der Waals surface area contributed by atoms with Gasteiger partial charge < -0.3 is 5.73 Å². The summed E-state index contributed by atoms with van der Waals surface area (Å²) in [5.74, 6) is 0. The molecule has 0 aromatic heterocycles. The van der Waals surface area contributed by atoms with Crippen molar-refractivity contribution in [2.24, 2.45) is 11.1 Å². The minimum atomic E-state index is 0.173. The summed E-state index contributed by atoms with van der Waals surface area (Å²) in [7, 11) is 2.17. The molecule has 0 saturated carbocycles. The van der Waals surface area contributed by atoms with E-state index in [2.05, 4.69) is 79.6 Å². The van der Waals surface area contributed by atoms with Crippen molar-refractivity contribution in [2.75, 3.05) is 20.1 Å². The van der Waals surface area contributed by atoms with Crippen LogP contribution in [0.5, 0.6) is 0 Å². The normalized spacial score (nSPS) is 14.1. The van der Waals surface area contributed by atoms with Crippen LogP contribution in [-0.2, 0) is 0 Å². The minimum Gasteiger partial charge on any atom is -0.330 e. The van der Waals surface area contributed by atoms with E-state index in [1.807, 2.05) is 0 Å². The summed E-state index contributed by atoms with van der Waals surface area (Å²) in [5.41, 5.74) is 7.32. The van der Waals surface area contributed by atoms with E-state index in [0.717, 1.165) is 13.1 Å². The third-order valence-electron chi connectivity index (χ3n) is 3.24. The van der Waals surface area contributed by atoms with Gasteiger partial charge in [-0.1, -0.05) is 26.0 Å². The van der Waals surface area contributed by atoms with E-state index in [1.54, 1.807) is 0 Å². The van der Waals surface area contributed by atoms with E-state index in [9.17, 15) is 0 Å². The van der Waals surface area contributed by atoms with E-state index < -0.39 is 0 Å². The lowest BCUT2D eigenvalue weighted by Crippen LogP contribution is -2.37. The van der Waals surface area contributed by atoms with Crippen LogP contribution in [0.3, 0.4) is 0 Å². The second kappa shape index (κ2) is 6.16. The standard InChI is InChI=1S/C14H23IN2/c1-11(12-5-7-13(15)8-6-12)17(4)10-14(2,3)9-16/h5-8,11H,9-10,16H2,1-4H3. The largest absolute Gasteiger partial charge is 0.330 e. The molecule has 1 rings (SSSR count). The molecule has 3 heteroatoms. The van der Waals surface area contributed by atoms with Crippen molar-refractivity contribution < 1.29 is 0 Å². The van der Waals surface area contributed by atoms with Gasteiger partial charge in [-0.2, -0.15) is 0 Å². The van der Waals surface area contributed by atoms with Crippen molar-refractivity contribution >= 4 is 22.6 Å². The molecule has 0 heterocycles. The Kier molecular flexibility index (Phi) is 5.41. The molecule has 0 saturated heterocycles. The van der Waals surface area contributed by atoms with Crippen LogP contribution in [0.25, 0.3) is 0 Å². The molecule has 1 atom stereocenters. The van der Waals surface area contributed by atoms with Crippen LogP contribution in [0, 0.1) is 8.99 Å². The fourth-order valence-electron chi connectivity index (χ4n) is 1.87. The molecule has 0 radical (unpaired) electrons. The molecule has 96 valence electrons. The zero-order chi connectivity index (χ0) is 13.1. The maximum Gasteiger partial charge on any atom is 0.0317 e. The highest BCUT2D eigenvalue weighted by Gasteiger charge is 2.21. The summed E-state index contributed by atoms with van der Waals surface area (Å²) >= 11 is 2.34. The summed E-state index contributed by atoms with van der Waals surface area (Å²) in [6.45, 7) is 8.40. The Morgan fingerprint density at radius 2 is 1.82 bits per heavy atom. The molecule has 1 aromatic carbocycles. The highest BCUT2D eigenvalue weighted by atomic mass is 127. The van der Waals surface area contributed by atoms with Crippen molar-refractivity contribution in [3.05, 3.63) is 33.4 Å². The van der Waals surface area contributed by atoms with Crippen LogP contribution in [-0.4, -0.2) is 25.0 Å². The Morgan fingerprint density at radius 3 is 2.29 bits per heavy atom. The fourth-order valence-corrected chi connectivity index (χ4v) is 2.23. The summed E-state index contributed by atoms with van der Waals surface area (Å²) < 4.78 is 1.28. The topological polar surface area (TPSA) is 29.3 Å². The van der Waals surface area contributed by atoms with E-state index in [1.165, 1.54) is 9.13 Å². The summed E-state index contributed by atoms with van der Waals surface area (Å²) in [6, 6.07) is 9.16. The molecule has 0 amide bonds. The second-order valence-corrected chi connectivity index (χ2v) is 6.76. The number of halogens is 1. The van der Waals surface area contributed by atoms with Gasteiger partial charge in [-0.15, -0.1) is 0 Å². The van der Waals surface area contributed by atoms with Gasteiger partial charge in [0.2, 0.25) is 0 Å². The van der Waals surface area contributed by atoms with E-state index in [-0.39, 0.29) is 5.41 Å². The van der Waals surface area contributed by atoms with Gasteiger partial charge in [0.25, 0.3) is 0 Å². The first kappa shape index (κ1) is 14.9. The van der Waals surface area contributed by atoms with Gasteiger partial charge in [-0.05, 0) is 66.2 Å². The SMILES string of the molecule is CC(c1ccc(I)cc1)N(C)CC(C)(C)CN. The van der Waals surface area contributed by atoms with Gasteiger partial charge in [0.05, 0.1) is 0 Å². The van der Waals surface area contributed by atoms with Gasteiger partial charge in [0, 0.05) is 16.2 Å². The summed E-state index contributed by atoms with van der Waals surface area (Å²) in [6.07, 6.45) is 0. The van der Waals surface area contributed by atoms with Crippen LogP contribution in [0.1, 0.15) is 32.4 Å². The van der Waals surface area contributed by atoms with E-state index in [0.29, 0.717) is 6.04 Å². The number of benzene rings is 1. The molecule has 0 aliphatic carbocycles. The average molecular weight is 346 g/mol. The molecule has 1 aromatic rings. The molecule has 17 heavy (non-hydrogen) atoms. The van der Waals surface area contributed by atoms with Crippen LogP contribution in [0.2, 0.25) is 0 Å². The van der Waals surface area contributed by atoms with Crippen LogP contribution >= 0.6 is 22.6 Å². The highest BCUT2D eigenvalue weighted by Crippen LogP contribution is 2.23. The molecule has 0 aliphatic heterocycles. The first-order valence-corrected chi connectivity index (χ1v) is 7.09. The quantitative estimate of drug-likeness (QED) is 0.830. The molecule has 2 N–H and O–H groups in total. The van der Waals surface area contributed by atoms with Gasteiger partial charge in [0.1, 0.15) is 0 Å². The van der Waals surface area contributed by atoms with Gasteiger partial charge in [0.15, 0.2) is 0 Å².